The molecule has 0 aliphatic heterocycles. The molecular weight excluding hydrogens is 329 g/mol. The summed E-state index contributed by atoms with van der Waals surface area (Å²) in [7, 11) is -1.27. The number of nitrogens with one attached hydrogen (secondary N) is 1. The Morgan fingerprint density at radius 2 is 1.76 bits per heavy atom. The highest BCUT2D eigenvalue weighted by Crippen LogP contribution is 2.29. The van der Waals surface area contributed by atoms with Gasteiger partial charge in [0.2, 0.25) is 5.91 Å². The van der Waals surface area contributed by atoms with Gasteiger partial charge < -0.3 is 5.32 Å². The molecule has 2 aromatic carbocycles. The van der Waals surface area contributed by atoms with Gasteiger partial charge in [-0.15, -0.1) is 0 Å². The molecule has 1 amide bonds. The Morgan fingerprint density at radius 1 is 1.05 bits per heavy atom. The van der Waals surface area contributed by atoms with Crippen LogP contribution in [0.5, 0.6) is 0 Å². The fourth-order valence-electron chi connectivity index (χ4n) is 1.74. The van der Waals surface area contributed by atoms with Crippen molar-refractivity contribution in [3.8, 4) is 0 Å². The van der Waals surface area contributed by atoms with Crippen molar-refractivity contribution in [2.24, 2.45) is 0 Å². The summed E-state index contributed by atoms with van der Waals surface area (Å²) in [6, 6.07) is 14.4. The third-order valence-electron chi connectivity index (χ3n) is 2.69. The van der Waals surface area contributed by atoms with Crippen LogP contribution in [0.4, 0.5) is 5.69 Å². The van der Waals surface area contributed by atoms with E-state index in [2.05, 4.69) is 5.32 Å². The Morgan fingerprint density at radius 3 is 2.48 bits per heavy atom. The first-order valence-corrected chi connectivity index (χ1v) is 8.43. The van der Waals surface area contributed by atoms with Gasteiger partial charge in [-0.1, -0.05) is 59.6 Å². The summed E-state index contributed by atoms with van der Waals surface area (Å²) in [6.07, 6.45) is 0. The standard InChI is InChI=1S/C15H13Cl2NO2S/c16-12-7-4-8-13(15(12)17)18-14(19)10-21(20)9-11-5-2-1-3-6-11/h1-8H,9-10H2,(H,18,19). The fraction of sp³-hybridized carbons (Fsp3) is 0.133. The Hall–Kier alpha value is -1.36. The van der Waals surface area contributed by atoms with Crippen LogP contribution in [0.2, 0.25) is 10.0 Å². The Labute approximate surface area is 135 Å². The number of anilines is 1. The van der Waals surface area contributed by atoms with Crippen LogP contribution in [-0.4, -0.2) is 15.9 Å². The van der Waals surface area contributed by atoms with Crippen LogP contribution in [0, 0.1) is 0 Å². The summed E-state index contributed by atoms with van der Waals surface area (Å²) in [5, 5.41) is 3.26. The van der Waals surface area contributed by atoms with E-state index >= 15 is 0 Å². The van der Waals surface area contributed by atoms with Crippen LogP contribution in [0.25, 0.3) is 0 Å². The van der Waals surface area contributed by atoms with Gasteiger partial charge in [-0.3, -0.25) is 9.00 Å². The zero-order valence-electron chi connectivity index (χ0n) is 11.0. The first-order chi connectivity index (χ1) is 10.1. The van der Waals surface area contributed by atoms with Crippen molar-refractivity contribution < 1.29 is 9.00 Å². The van der Waals surface area contributed by atoms with Crippen LogP contribution in [0.3, 0.4) is 0 Å². The summed E-state index contributed by atoms with van der Waals surface area (Å²) >= 11 is 11.8. The second-order valence-corrected chi connectivity index (χ2v) is 6.61. The lowest BCUT2D eigenvalue weighted by atomic mass is 10.2. The van der Waals surface area contributed by atoms with E-state index in [9.17, 15) is 9.00 Å². The lowest BCUT2D eigenvalue weighted by molar-refractivity contribution is -0.113. The van der Waals surface area contributed by atoms with E-state index in [0.29, 0.717) is 16.5 Å². The van der Waals surface area contributed by atoms with E-state index in [1.54, 1.807) is 18.2 Å². The first kappa shape index (κ1) is 16.0. The van der Waals surface area contributed by atoms with E-state index in [4.69, 9.17) is 23.2 Å². The highest BCUT2D eigenvalue weighted by molar-refractivity contribution is 7.84. The monoisotopic (exact) mass is 341 g/mol. The lowest BCUT2D eigenvalue weighted by Gasteiger charge is -2.08. The molecule has 1 atom stereocenters. The molecule has 1 N–H and O–H groups in total. The van der Waals surface area contributed by atoms with Crippen LogP contribution >= 0.6 is 23.2 Å². The average molecular weight is 342 g/mol. The molecule has 0 spiro atoms. The Bertz CT molecular complexity index is 662. The second-order valence-electron chi connectivity index (χ2n) is 4.36. The summed E-state index contributed by atoms with van der Waals surface area (Å²) in [6.45, 7) is 0. The highest BCUT2D eigenvalue weighted by Gasteiger charge is 2.11. The average Bonchev–Trinajstić information content (AvgIpc) is 2.44. The van der Waals surface area contributed by atoms with Gasteiger partial charge in [0.15, 0.2) is 0 Å². The van der Waals surface area contributed by atoms with Crippen molar-refractivity contribution in [2.75, 3.05) is 11.1 Å². The van der Waals surface area contributed by atoms with Gasteiger partial charge in [-0.2, -0.15) is 0 Å². The topological polar surface area (TPSA) is 46.2 Å². The van der Waals surface area contributed by atoms with Gasteiger partial charge in [0, 0.05) is 16.6 Å². The van der Waals surface area contributed by atoms with Gasteiger partial charge in [0.05, 0.1) is 15.7 Å². The van der Waals surface area contributed by atoms with Crippen molar-refractivity contribution in [2.45, 2.75) is 5.75 Å². The Balaban J connectivity index is 1.92. The minimum Gasteiger partial charge on any atom is -0.324 e. The molecule has 21 heavy (non-hydrogen) atoms. The van der Waals surface area contributed by atoms with E-state index in [1.165, 1.54) is 0 Å². The number of carbonyl (C=O) groups is 1. The van der Waals surface area contributed by atoms with Gasteiger partial charge in [0.1, 0.15) is 5.75 Å². The summed E-state index contributed by atoms with van der Waals surface area (Å²) in [5.41, 5.74) is 1.36. The molecule has 0 heterocycles. The molecule has 110 valence electrons. The maximum atomic E-state index is 12.0. The van der Waals surface area contributed by atoms with Crippen molar-refractivity contribution >= 4 is 45.6 Å². The lowest BCUT2D eigenvalue weighted by Crippen LogP contribution is -2.20. The minimum atomic E-state index is -1.27. The third-order valence-corrected chi connectivity index (χ3v) is 4.75. The number of halogens is 2. The zero-order valence-corrected chi connectivity index (χ0v) is 13.3. The number of hydrogen-bond acceptors (Lipinski definition) is 2. The van der Waals surface area contributed by atoms with Crippen molar-refractivity contribution in [3.05, 3.63) is 64.1 Å². The van der Waals surface area contributed by atoms with E-state index in [1.807, 2.05) is 30.3 Å². The molecular formula is C15H13Cl2NO2S. The quantitative estimate of drug-likeness (QED) is 0.896. The van der Waals surface area contributed by atoms with Gasteiger partial charge in [-0.25, -0.2) is 0 Å². The molecule has 3 nitrogen and oxygen atoms in total. The zero-order chi connectivity index (χ0) is 15.2. The number of benzene rings is 2. The SMILES string of the molecule is O=C(CS(=O)Cc1ccccc1)Nc1cccc(Cl)c1Cl. The molecule has 0 aliphatic carbocycles. The summed E-state index contributed by atoms with van der Waals surface area (Å²) in [4.78, 5) is 11.9. The number of rotatable bonds is 5. The largest absolute Gasteiger partial charge is 0.324 e. The van der Waals surface area contributed by atoms with Crippen molar-refractivity contribution in [3.63, 3.8) is 0 Å². The predicted octanol–water partition coefficient (Wildman–Crippen LogP) is 3.88. The predicted molar refractivity (Wildman–Crippen MR) is 88.2 cm³/mol. The highest BCUT2D eigenvalue weighted by atomic mass is 35.5. The third kappa shape index (κ3) is 4.84. The van der Waals surface area contributed by atoms with Crippen LogP contribution in [-0.2, 0) is 21.3 Å². The molecule has 0 fully saturated rings. The summed E-state index contributed by atoms with van der Waals surface area (Å²) in [5.74, 6) is -0.0941. The second kappa shape index (κ2) is 7.59. The molecule has 2 rings (SSSR count). The van der Waals surface area contributed by atoms with Gasteiger partial charge in [0.25, 0.3) is 0 Å². The molecule has 1 unspecified atom stereocenters. The van der Waals surface area contributed by atoms with Gasteiger partial charge >= 0.3 is 0 Å². The molecule has 6 heteroatoms. The molecule has 0 radical (unpaired) electrons. The van der Waals surface area contributed by atoms with Crippen LogP contribution in [0.15, 0.2) is 48.5 Å². The van der Waals surface area contributed by atoms with E-state index in [0.717, 1.165) is 5.56 Å². The number of hydrogen-bond donors (Lipinski definition) is 1. The smallest absolute Gasteiger partial charge is 0.237 e. The number of carbonyl (C=O) groups excluding carboxylic acids is 1. The molecule has 0 saturated heterocycles. The molecule has 2 aromatic rings. The van der Waals surface area contributed by atoms with Crippen molar-refractivity contribution in [1.29, 1.82) is 0 Å². The number of amides is 1. The summed E-state index contributed by atoms with van der Waals surface area (Å²) < 4.78 is 12.0. The minimum absolute atomic E-state index is 0.0856. The molecule has 0 bridgehead atoms. The van der Waals surface area contributed by atoms with Gasteiger partial charge in [-0.05, 0) is 17.7 Å². The fourth-order valence-corrected chi connectivity index (χ4v) is 3.12. The first-order valence-electron chi connectivity index (χ1n) is 6.19. The molecule has 0 aromatic heterocycles. The maximum absolute atomic E-state index is 12.0. The molecule has 0 saturated carbocycles. The van der Waals surface area contributed by atoms with Crippen molar-refractivity contribution in [1.82, 2.24) is 0 Å². The Kier molecular flexibility index (Phi) is 5.79. The molecule has 0 aliphatic rings. The maximum Gasteiger partial charge on any atom is 0.237 e. The van der Waals surface area contributed by atoms with Crippen LogP contribution < -0.4 is 5.32 Å². The van der Waals surface area contributed by atoms with Crippen LogP contribution in [0.1, 0.15) is 5.56 Å². The normalized spacial score (nSPS) is 11.9. The van der Waals surface area contributed by atoms with E-state index in [-0.39, 0.29) is 16.7 Å². The van der Waals surface area contributed by atoms with E-state index < -0.39 is 10.8 Å².